The predicted molar refractivity (Wildman–Crippen MR) is 69.2 cm³/mol. The molecule has 1 amide bonds. The third kappa shape index (κ3) is 2.94. The first-order valence-corrected chi connectivity index (χ1v) is 6.49. The third-order valence-corrected chi connectivity index (χ3v) is 3.72. The van der Waals surface area contributed by atoms with Gasteiger partial charge in [-0.15, -0.1) is 11.3 Å². The summed E-state index contributed by atoms with van der Waals surface area (Å²) in [4.78, 5) is 15.5. The molecule has 0 saturated carbocycles. The van der Waals surface area contributed by atoms with Crippen molar-refractivity contribution in [3.8, 4) is 0 Å². The van der Waals surface area contributed by atoms with E-state index in [0.717, 1.165) is 4.88 Å². The Bertz CT molecular complexity index is 509. The molecule has 4 nitrogen and oxygen atoms in total. The van der Waals surface area contributed by atoms with Crippen LogP contribution in [-0.4, -0.2) is 17.6 Å². The summed E-state index contributed by atoms with van der Waals surface area (Å²) in [7, 11) is 0. The fourth-order valence-corrected chi connectivity index (χ4v) is 2.34. The van der Waals surface area contributed by atoms with E-state index in [1.54, 1.807) is 31.3 Å². The van der Waals surface area contributed by atoms with Crippen molar-refractivity contribution < 1.29 is 14.9 Å². The van der Waals surface area contributed by atoms with Crippen molar-refractivity contribution in [2.75, 3.05) is 6.54 Å². The van der Waals surface area contributed by atoms with Gasteiger partial charge in [0.15, 0.2) is 6.20 Å². The van der Waals surface area contributed by atoms with Crippen molar-refractivity contribution in [2.24, 2.45) is 0 Å². The van der Waals surface area contributed by atoms with Gasteiger partial charge in [-0.3, -0.25) is 4.79 Å². The summed E-state index contributed by atoms with van der Waals surface area (Å²) in [6, 6.07) is 9.00. The number of hydrogen-bond donors (Lipinski definition) is 2. The molecule has 0 radical (unpaired) electrons. The number of carbonyl (C=O) groups excluding carboxylic acids is 1. The van der Waals surface area contributed by atoms with Gasteiger partial charge in [0.05, 0.1) is 6.54 Å². The molecule has 18 heavy (non-hydrogen) atoms. The molecule has 3 N–H and O–H groups in total. The van der Waals surface area contributed by atoms with Crippen LogP contribution >= 0.6 is 11.3 Å². The predicted octanol–water partition coefficient (Wildman–Crippen LogP) is 1.20. The van der Waals surface area contributed by atoms with Gasteiger partial charge in [-0.1, -0.05) is 6.07 Å². The highest BCUT2D eigenvalue weighted by Gasteiger charge is 2.25. The monoisotopic (exact) mass is 263 g/mol. The Balaban J connectivity index is 1.98. The SMILES string of the molecule is C[C@@](O)(CNC(=O)c1cccc[nH+]1)c1cccs1. The molecule has 0 bridgehead atoms. The zero-order chi connectivity index (χ0) is 13.0. The second-order valence-corrected chi connectivity index (χ2v) is 5.16. The van der Waals surface area contributed by atoms with E-state index in [0.29, 0.717) is 5.69 Å². The second kappa shape index (κ2) is 5.29. The van der Waals surface area contributed by atoms with Crippen LogP contribution in [0.15, 0.2) is 41.9 Å². The molecule has 0 spiro atoms. The highest BCUT2D eigenvalue weighted by atomic mass is 32.1. The quantitative estimate of drug-likeness (QED) is 0.870. The van der Waals surface area contributed by atoms with Gasteiger partial charge in [0.25, 0.3) is 5.69 Å². The van der Waals surface area contributed by atoms with E-state index in [2.05, 4.69) is 10.3 Å². The number of aromatic amines is 1. The Morgan fingerprint density at radius 2 is 2.28 bits per heavy atom. The zero-order valence-corrected chi connectivity index (χ0v) is 10.8. The van der Waals surface area contributed by atoms with Crippen LogP contribution in [0.5, 0.6) is 0 Å². The number of hydrogen-bond acceptors (Lipinski definition) is 3. The van der Waals surface area contributed by atoms with E-state index in [1.165, 1.54) is 11.3 Å². The first-order valence-electron chi connectivity index (χ1n) is 5.61. The molecule has 94 valence electrons. The van der Waals surface area contributed by atoms with Gasteiger partial charge >= 0.3 is 5.91 Å². The van der Waals surface area contributed by atoms with E-state index in [-0.39, 0.29) is 12.5 Å². The molecule has 1 atom stereocenters. The summed E-state index contributed by atoms with van der Waals surface area (Å²) < 4.78 is 0. The average molecular weight is 263 g/mol. The van der Waals surface area contributed by atoms with Crippen LogP contribution in [0.3, 0.4) is 0 Å². The molecule has 2 aromatic heterocycles. The van der Waals surface area contributed by atoms with Gasteiger partial charge in [-0.25, -0.2) is 4.98 Å². The maximum absolute atomic E-state index is 11.8. The number of carbonyl (C=O) groups is 1. The summed E-state index contributed by atoms with van der Waals surface area (Å²) in [5.41, 5.74) is -0.571. The smallest absolute Gasteiger partial charge is 0.316 e. The molecule has 0 aliphatic carbocycles. The topological polar surface area (TPSA) is 63.5 Å². The van der Waals surface area contributed by atoms with Gasteiger partial charge in [0.2, 0.25) is 0 Å². The van der Waals surface area contributed by atoms with Crippen LogP contribution in [0, 0.1) is 0 Å². The van der Waals surface area contributed by atoms with Crippen molar-refractivity contribution in [1.29, 1.82) is 0 Å². The lowest BCUT2D eigenvalue weighted by molar-refractivity contribution is -0.382. The zero-order valence-electron chi connectivity index (χ0n) is 10.0. The number of thiophene rings is 1. The minimum atomic E-state index is -1.04. The van der Waals surface area contributed by atoms with E-state index >= 15 is 0 Å². The Morgan fingerprint density at radius 1 is 1.44 bits per heavy atom. The number of H-pyrrole nitrogens is 1. The minimum Gasteiger partial charge on any atom is -0.383 e. The third-order valence-electron chi connectivity index (χ3n) is 2.60. The number of amides is 1. The van der Waals surface area contributed by atoms with Crippen molar-refractivity contribution in [1.82, 2.24) is 5.32 Å². The Morgan fingerprint density at radius 3 is 2.89 bits per heavy atom. The van der Waals surface area contributed by atoms with E-state index in [9.17, 15) is 9.90 Å². The average Bonchev–Trinajstić information content (AvgIpc) is 2.92. The van der Waals surface area contributed by atoms with Crippen LogP contribution in [-0.2, 0) is 5.60 Å². The number of pyridine rings is 1. The minimum absolute atomic E-state index is 0.176. The molecule has 2 heterocycles. The molecular weight excluding hydrogens is 248 g/mol. The molecule has 5 heteroatoms. The lowest BCUT2D eigenvalue weighted by atomic mass is 10.1. The molecule has 2 rings (SSSR count). The first kappa shape index (κ1) is 12.7. The van der Waals surface area contributed by atoms with Crippen molar-refractivity contribution in [3.63, 3.8) is 0 Å². The summed E-state index contributed by atoms with van der Waals surface area (Å²) in [6.45, 7) is 1.86. The highest BCUT2D eigenvalue weighted by molar-refractivity contribution is 7.10. The summed E-state index contributed by atoms with van der Waals surface area (Å²) >= 11 is 1.47. The number of rotatable bonds is 4. The van der Waals surface area contributed by atoms with Crippen molar-refractivity contribution in [2.45, 2.75) is 12.5 Å². The number of aromatic nitrogens is 1. The van der Waals surface area contributed by atoms with Crippen LogP contribution in [0.1, 0.15) is 22.3 Å². The highest BCUT2D eigenvalue weighted by Crippen LogP contribution is 2.24. The molecule has 0 aliphatic heterocycles. The Labute approximate surface area is 109 Å². The summed E-state index contributed by atoms with van der Waals surface area (Å²) in [5, 5.41) is 14.9. The van der Waals surface area contributed by atoms with Gasteiger partial charge in [-0.2, -0.15) is 0 Å². The van der Waals surface area contributed by atoms with Crippen molar-refractivity contribution in [3.05, 3.63) is 52.5 Å². The lowest BCUT2D eigenvalue weighted by Gasteiger charge is -2.21. The molecule has 0 saturated heterocycles. The largest absolute Gasteiger partial charge is 0.383 e. The van der Waals surface area contributed by atoms with Gasteiger partial charge < -0.3 is 10.4 Å². The van der Waals surface area contributed by atoms with Gasteiger partial charge in [0, 0.05) is 17.0 Å². The van der Waals surface area contributed by atoms with Crippen LogP contribution in [0.25, 0.3) is 0 Å². The fourth-order valence-electron chi connectivity index (χ4n) is 1.55. The van der Waals surface area contributed by atoms with E-state index in [1.807, 2.05) is 17.5 Å². The Hall–Kier alpha value is -1.72. The summed E-state index contributed by atoms with van der Waals surface area (Å²) in [6.07, 6.45) is 1.69. The Kier molecular flexibility index (Phi) is 3.74. The standard InChI is InChI=1S/C13H14N2O2S/c1-13(17,11-6-4-8-18-11)9-15-12(16)10-5-2-3-7-14-10/h2-8,17H,9H2,1H3,(H,15,16)/p+1/t13-/m1/s1. The first-order chi connectivity index (χ1) is 8.59. The van der Waals surface area contributed by atoms with Gasteiger partial charge in [-0.05, 0) is 24.4 Å². The van der Waals surface area contributed by atoms with Crippen LogP contribution in [0.4, 0.5) is 0 Å². The molecule has 0 aromatic carbocycles. The molecule has 0 fully saturated rings. The maximum Gasteiger partial charge on any atom is 0.316 e. The summed E-state index contributed by atoms with van der Waals surface area (Å²) in [5.74, 6) is -0.229. The molecule has 2 aromatic rings. The van der Waals surface area contributed by atoms with Crippen LogP contribution < -0.4 is 10.3 Å². The van der Waals surface area contributed by atoms with Crippen LogP contribution in [0.2, 0.25) is 0 Å². The molecule has 0 unspecified atom stereocenters. The van der Waals surface area contributed by atoms with Crippen molar-refractivity contribution >= 4 is 17.2 Å². The fraction of sp³-hybridized carbons (Fsp3) is 0.231. The maximum atomic E-state index is 11.8. The molecule has 0 aliphatic rings. The van der Waals surface area contributed by atoms with E-state index < -0.39 is 5.60 Å². The van der Waals surface area contributed by atoms with Gasteiger partial charge in [0.1, 0.15) is 5.60 Å². The number of aliphatic hydroxyl groups is 1. The normalized spacial score (nSPS) is 13.9. The number of nitrogens with one attached hydrogen (secondary N) is 2. The second-order valence-electron chi connectivity index (χ2n) is 4.21. The lowest BCUT2D eigenvalue weighted by Crippen LogP contribution is -2.39. The molecular formula is C13H15N2O2S+. The van der Waals surface area contributed by atoms with E-state index in [4.69, 9.17) is 0 Å².